The molecule has 7 heteroatoms. The van der Waals surface area contributed by atoms with Gasteiger partial charge in [0.05, 0.1) is 5.56 Å². The maximum absolute atomic E-state index is 13.4. The van der Waals surface area contributed by atoms with Gasteiger partial charge in [-0.05, 0) is 42.7 Å². The molecule has 4 nitrogen and oxygen atoms in total. The molecule has 1 aliphatic carbocycles. The number of ether oxygens (including phenoxy) is 1. The van der Waals surface area contributed by atoms with Crippen molar-refractivity contribution in [2.24, 2.45) is 16.9 Å². The van der Waals surface area contributed by atoms with Gasteiger partial charge in [0.1, 0.15) is 12.3 Å². The summed E-state index contributed by atoms with van der Waals surface area (Å²) >= 11 is 0. The number of benzene rings is 1. The zero-order chi connectivity index (χ0) is 16.6. The van der Waals surface area contributed by atoms with Gasteiger partial charge in [-0.25, -0.2) is 10.2 Å². The molecule has 1 fully saturated rings. The number of cyclic esters (lactones) is 1. The number of hydrogen-bond donors (Lipinski definition) is 1. The highest BCUT2D eigenvalue weighted by Gasteiger charge is 2.36. The molecule has 0 bridgehead atoms. The highest BCUT2D eigenvalue weighted by molar-refractivity contribution is 6.03. The highest BCUT2D eigenvalue weighted by atomic mass is 19.4. The van der Waals surface area contributed by atoms with Gasteiger partial charge in [0.2, 0.25) is 0 Å². The Hall–Kier alpha value is -2.05. The van der Waals surface area contributed by atoms with E-state index < -0.39 is 17.8 Å². The minimum Gasteiger partial charge on any atom is -0.442 e. The molecule has 0 radical (unpaired) electrons. The number of nitrogens with zero attached hydrogens (tertiary/aromatic N) is 1. The topological polar surface area (TPSA) is 50.7 Å². The molecule has 23 heavy (non-hydrogen) atoms. The Labute approximate surface area is 131 Å². The van der Waals surface area contributed by atoms with E-state index in [1.807, 2.05) is 6.92 Å². The Morgan fingerprint density at radius 3 is 2.70 bits per heavy atom. The van der Waals surface area contributed by atoms with E-state index >= 15 is 0 Å². The van der Waals surface area contributed by atoms with Crippen LogP contribution in [0.3, 0.4) is 0 Å². The maximum atomic E-state index is 13.4. The summed E-state index contributed by atoms with van der Waals surface area (Å²) in [4.78, 5) is 10.9. The van der Waals surface area contributed by atoms with Crippen LogP contribution in [0.5, 0.6) is 0 Å². The van der Waals surface area contributed by atoms with E-state index in [2.05, 4.69) is 10.5 Å². The molecule has 0 saturated heterocycles. The maximum Gasteiger partial charge on any atom is 0.428 e. The van der Waals surface area contributed by atoms with Gasteiger partial charge in [-0.2, -0.15) is 18.3 Å². The third-order valence-corrected chi connectivity index (χ3v) is 4.34. The average Bonchev–Trinajstić information content (AvgIpc) is 3.32. The highest BCUT2D eigenvalue weighted by Crippen LogP contribution is 2.40. The lowest BCUT2D eigenvalue weighted by Crippen LogP contribution is -2.31. The first-order chi connectivity index (χ1) is 10.8. The summed E-state index contributed by atoms with van der Waals surface area (Å²) in [6.07, 6.45) is -2.50. The number of amides is 1. The van der Waals surface area contributed by atoms with E-state index in [1.165, 1.54) is 6.07 Å². The number of carbonyl (C=O) groups is 1. The molecule has 1 aliphatic heterocycles. The first kappa shape index (κ1) is 15.8. The molecule has 1 N–H and O–H groups in total. The summed E-state index contributed by atoms with van der Waals surface area (Å²) in [6, 6.07) is 4.20. The average molecular weight is 326 g/mol. The number of rotatable bonds is 4. The lowest BCUT2D eigenvalue weighted by molar-refractivity contribution is -0.138. The van der Waals surface area contributed by atoms with Gasteiger partial charge in [0.25, 0.3) is 0 Å². The van der Waals surface area contributed by atoms with Gasteiger partial charge >= 0.3 is 12.3 Å². The van der Waals surface area contributed by atoms with Gasteiger partial charge in [-0.3, -0.25) is 0 Å². The summed E-state index contributed by atoms with van der Waals surface area (Å²) in [5.41, 5.74) is 2.36. The molecule has 0 aromatic heterocycles. The Balaban J connectivity index is 1.90. The standard InChI is InChI=1S/C16H17F3N2O2/c1-9(10-2-3-10)6-11-4-5-12(7-13(11)16(17,18)19)14-8-23-15(22)21-20-14/h4-5,7,9-10H,2-3,6,8H2,1H3,(H,21,22). The van der Waals surface area contributed by atoms with E-state index in [0.29, 0.717) is 23.5 Å². The molecule has 1 aromatic rings. The monoisotopic (exact) mass is 326 g/mol. The molecule has 1 saturated carbocycles. The second-order valence-corrected chi connectivity index (χ2v) is 6.13. The Morgan fingerprint density at radius 2 is 2.13 bits per heavy atom. The van der Waals surface area contributed by atoms with Crippen LogP contribution in [-0.2, 0) is 17.3 Å². The van der Waals surface area contributed by atoms with Crippen LogP contribution >= 0.6 is 0 Å². The third-order valence-electron chi connectivity index (χ3n) is 4.34. The van der Waals surface area contributed by atoms with Crippen LogP contribution in [0.2, 0.25) is 0 Å². The number of nitrogens with one attached hydrogen (secondary N) is 1. The van der Waals surface area contributed by atoms with E-state index in [0.717, 1.165) is 18.9 Å². The Kier molecular flexibility index (Phi) is 4.04. The quantitative estimate of drug-likeness (QED) is 0.916. The second kappa shape index (κ2) is 5.86. The molecule has 3 rings (SSSR count). The summed E-state index contributed by atoms with van der Waals surface area (Å²) in [5, 5.41) is 3.76. The van der Waals surface area contributed by atoms with Gasteiger partial charge in [-0.1, -0.05) is 19.1 Å². The fourth-order valence-electron chi connectivity index (χ4n) is 2.84. The summed E-state index contributed by atoms with van der Waals surface area (Å²) < 4.78 is 44.9. The molecule has 1 aromatic carbocycles. The van der Waals surface area contributed by atoms with Crippen molar-refractivity contribution in [2.75, 3.05) is 6.61 Å². The minimum absolute atomic E-state index is 0.138. The minimum atomic E-state index is -4.42. The first-order valence-electron chi connectivity index (χ1n) is 7.54. The molecule has 1 atom stereocenters. The van der Waals surface area contributed by atoms with Crippen molar-refractivity contribution in [3.63, 3.8) is 0 Å². The van der Waals surface area contributed by atoms with Crippen molar-refractivity contribution in [1.82, 2.24) is 5.43 Å². The fourth-order valence-corrected chi connectivity index (χ4v) is 2.84. The summed E-state index contributed by atoms with van der Waals surface area (Å²) in [7, 11) is 0. The molecule has 1 amide bonds. The van der Waals surface area contributed by atoms with E-state index in [4.69, 9.17) is 4.74 Å². The van der Waals surface area contributed by atoms with Crippen LogP contribution in [0, 0.1) is 11.8 Å². The van der Waals surface area contributed by atoms with Crippen LogP contribution in [-0.4, -0.2) is 18.4 Å². The van der Waals surface area contributed by atoms with Crippen molar-refractivity contribution in [3.8, 4) is 0 Å². The molecule has 1 heterocycles. The summed E-state index contributed by atoms with van der Waals surface area (Å²) in [5.74, 6) is 0.790. The van der Waals surface area contributed by atoms with Crippen molar-refractivity contribution in [3.05, 3.63) is 34.9 Å². The Bertz CT molecular complexity index is 651. The molecule has 1 unspecified atom stereocenters. The largest absolute Gasteiger partial charge is 0.442 e. The number of halogens is 3. The van der Waals surface area contributed by atoms with Crippen molar-refractivity contribution in [2.45, 2.75) is 32.4 Å². The van der Waals surface area contributed by atoms with Gasteiger partial charge in [0.15, 0.2) is 0 Å². The zero-order valence-corrected chi connectivity index (χ0v) is 12.6. The van der Waals surface area contributed by atoms with Crippen LogP contribution in [0.15, 0.2) is 23.3 Å². The third kappa shape index (κ3) is 3.65. The molecular formula is C16H17F3N2O2. The Morgan fingerprint density at radius 1 is 1.39 bits per heavy atom. The fraction of sp³-hybridized carbons (Fsp3) is 0.500. The number of carbonyl (C=O) groups excluding carboxylic acids is 1. The molecule has 0 spiro atoms. The predicted molar refractivity (Wildman–Crippen MR) is 78.1 cm³/mol. The van der Waals surface area contributed by atoms with Crippen molar-refractivity contribution in [1.29, 1.82) is 0 Å². The van der Waals surface area contributed by atoms with Crippen LogP contribution < -0.4 is 5.43 Å². The summed E-state index contributed by atoms with van der Waals surface area (Å²) in [6.45, 7) is 1.86. The lowest BCUT2D eigenvalue weighted by atomic mass is 9.91. The number of hydrogen-bond acceptors (Lipinski definition) is 3. The SMILES string of the molecule is CC(Cc1ccc(C2=NNC(=O)OC2)cc1C(F)(F)F)C1CC1. The van der Waals surface area contributed by atoms with E-state index in [9.17, 15) is 18.0 Å². The number of hydrazone groups is 1. The van der Waals surface area contributed by atoms with Gasteiger partial charge < -0.3 is 4.74 Å². The molecule has 2 aliphatic rings. The lowest BCUT2D eigenvalue weighted by Gasteiger charge is -2.19. The predicted octanol–water partition coefficient (Wildman–Crippen LogP) is 3.74. The van der Waals surface area contributed by atoms with Gasteiger partial charge in [-0.15, -0.1) is 0 Å². The first-order valence-corrected chi connectivity index (χ1v) is 7.54. The van der Waals surface area contributed by atoms with Crippen molar-refractivity contribution >= 4 is 11.8 Å². The van der Waals surface area contributed by atoms with Crippen LogP contribution in [0.1, 0.15) is 36.5 Å². The number of alkyl halides is 3. The molecular weight excluding hydrogens is 309 g/mol. The smallest absolute Gasteiger partial charge is 0.428 e. The van der Waals surface area contributed by atoms with E-state index in [1.54, 1.807) is 6.07 Å². The van der Waals surface area contributed by atoms with Gasteiger partial charge in [0, 0.05) is 5.56 Å². The van der Waals surface area contributed by atoms with Crippen LogP contribution in [0.4, 0.5) is 18.0 Å². The zero-order valence-electron chi connectivity index (χ0n) is 12.6. The molecule has 124 valence electrons. The van der Waals surface area contributed by atoms with Crippen molar-refractivity contribution < 1.29 is 22.7 Å². The normalized spacial score (nSPS) is 19.7. The van der Waals surface area contributed by atoms with Crippen LogP contribution in [0.25, 0.3) is 0 Å². The second-order valence-electron chi connectivity index (χ2n) is 6.13. The van der Waals surface area contributed by atoms with E-state index in [-0.39, 0.29) is 18.2 Å².